The summed E-state index contributed by atoms with van der Waals surface area (Å²) in [5.74, 6) is 0.824. The number of aryl methyl sites for hydroxylation is 1. The molecule has 0 saturated heterocycles. The van der Waals surface area contributed by atoms with Crippen LogP contribution in [0.3, 0.4) is 0 Å². The molecule has 2 aromatic carbocycles. The van der Waals surface area contributed by atoms with E-state index in [9.17, 15) is 5.11 Å². The van der Waals surface area contributed by atoms with Crippen LogP contribution in [0, 0.1) is 6.92 Å². The van der Waals surface area contributed by atoms with Crippen molar-refractivity contribution in [2.75, 3.05) is 6.61 Å². The maximum atomic E-state index is 10.5. The van der Waals surface area contributed by atoms with Crippen LogP contribution in [0.4, 0.5) is 0 Å². The highest BCUT2D eigenvalue weighted by atomic mass is 79.9. The third-order valence-electron chi connectivity index (χ3n) is 3.04. The molecular weight excluding hydrogens is 304 g/mol. The maximum absolute atomic E-state index is 10.5. The molecule has 0 spiro atoms. The predicted octanol–water partition coefficient (Wildman–Crippen LogP) is 4.24. The lowest BCUT2D eigenvalue weighted by Crippen LogP contribution is -2.02. The zero-order chi connectivity index (χ0) is 13.8. The molecule has 0 bridgehead atoms. The predicted molar refractivity (Wildman–Crippen MR) is 80.6 cm³/mol. The molecule has 0 amide bonds. The van der Waals surface area contributed by atoms with Gasteiger partial charge in [0.15, 0.2) is 0 Å². The average Bonchev–Trinajstić information content (AvgIpc) is 2.42. The second kappa shape index (κ2) is 6.22. The molecule has 0 fully saturated rings. The Morgan fingerprint density at radius 2 is 1.84 bits per heavy atom. The van der Waals surface area contributed by atoms with Crippen molar-refractivity contribution in [3.05, 3.63) is 63.6 Å². The summed E-state index contributed by atoms with van der Waals surface area (Å²) in [5.41, 5.74) is 2.85. The molecule has 100 valence electrons. The molecule has 2 aromatic rings. The molecule has 0 aromatic heterocycles. The lowest BCUT2D eigenvalue weighted by Gasteiger charge is -2.15. The van der Waals surface area contributed by atoms with Crippen molar-refractivity contribution in [1.29, 1.82) is 0 Å². The zero-order valence-electron chi connectivity index (χ0n) is 11.1. The van der Waals surface area contributed by atoms with E-state index in [0.717, 1.165) is 26.9 Å². The third kappa shape index (κ3) is 3.37. The SMILES string of the molecule is CCOc1ccc(C(O)c2cc(Br)ccc2C)cc1. The first-order valence-corrected chi connectivity index (χ1v) is 7.08. The topological polar surface area (TPSA) is 29.5 Å². The monoisotopic (exact) mass is 320 g/mol. The van der Waals surface area contributed by atoms with Gasteiger partial charge in [-0.3, -0.25) is 0 Å². The van der Waals surface area contributed by atoms with Crippen molar-refractivity contribution < 1.29 is 9.84 Å². The summed E-state index contributed by atoms with van der Waals surface area (Å²) in [6, 6.07) is 13.5. The van der Waals surface area contributed by atoms with Gasteiger partial charge in [-0.25, -0.2) is 0 Å². The molecule has 1 unspecified atom stereocenters. The Bertz CT molecular complexity index is 549. The summed E-state index contributed by atoms with van der Waals surface area (Å²) in [6.07, 6.45) is -0.617. The molecule has 0 aliphatic heterocycles. The Balaban J connectivity index is 2.27. The van der Waals surface area contributed by atoms with Gasteiger partial charge in [0.1, 0.15) is 11.9 Å². The Morgan fingerprint density at radius 1 is 1.16 bits per heavy atom. The van der Waals surface area contributed by atoms with Crippen LogP contribution in [0.5, 0.6) is 5.75 Å². The van der Waals surface area contributed by atoms with Gasteiger partial charge in [-0.1, -0.05) is 34.1 Å². The zero-order valence-corrected chi connectivity index (χ0v) is 12.6. The molecule has 3 heteroatoms. The van der Waals surface area contributed by atoms with E-state index in [2.05, 4.69) is 15.9 Å². The van der Waals surface area contributed by atoms with Crippen molar-refractivity contribution in [3.63, 3.8) is 0 Å². The number of hydrogen-bond acceptors (Lipinski definition) is 2. The fourth-order valence-electron chi connectivity index (χ4n) is 2.00. The lowest BCUT2D eigenvalue weighted by molar-refractivity contribution is 0.219. The van der Waals surface area contributed by atoms with E-state index in [0.29, 0.717) is 6.61 Å². The van der Waals surface area contributed by atoms with E-state index >= 15 is 0 Å². The summed E-state index contributed by atoms with van der Waals surface area (Å²) in [4.78, 5) is 0. The summed E-state index contributed by atoms with van der Waals surface area (Å²) in [6.45, 7) is 4.60. The van der Waals surface area contributed by atoms with Gasteiger partial charge in [-0.2, -0.15) is 0 Å². The third-order valence-corrected chi connectivity index (χ3v) is 3.54. The number of rotatable bonds is 4. The van der Waals surface area contributed by atoms with Gasteiger partial charge in [-0.15, -0.1) is 0 Å². The van der Waals surface area contributed by atoms with Gasteiger partial charge >= 0.3 is 0 Å². The van der Waals surface area contributed by atoms with Crippen LogP contribution in [0.25, 0.3) is 0 Å². The standard InChI is InChI=1S/C16H17BrO2/c1-3-19-14-8-5-12(6-9-14)16(18)15-10-13(17)7-4-11(15)2/h4-10,16,18H,3H2,1-2H3. The normalized spacial score (nSPS) is 12.2. The van der Waals surface area contributed by atoms with Crippen LogP contribution in [0.2, 0.25) is 0 Å². The Hall–Kier alpha value is -1.32. The number of hydrogen-bond donors (Lipinski definition) is 1. The Morgan fingerprint density at radius 3 is 2.47 bits per heavy atom. The van der Waals surface area contributed by atoms with Crippen LogP contribution in [0.1, 0.15) is 29.7 Å². The first-order chi connectivity index (χ1) is 9.11. The van der Waals surface area contributed by atoms with E-state index in [-0.39, 0.29) is 0 Å². The minimum Gasteiger partial charge on any atom is -0.494 e. The molecule has 1 N–H and O–H groups in total. The molecular formula is C16H17BrO2. The number of aliphatic hydroxyl groups is 1. The molecule has 1 atom stereocenters. The van der Waals surface area contributed by atoms with Gasteiger partial charge in [-0.05, 0) is 54.8 Å². The largest absolute Gasteiger partial charge is 0.494 e. The molecule has 0 heterocycles. The minimum atomic E-state index is -0.617. The lowest BCUT2D eigenvalue weighted by atomic mass is 9.97. The fourth-order valence-corrected chi connectivity index (χ4v) is 2.38. The molecule has 0 aliphatic rings. The maximum Gasteiger partial charge on any atom is 0.119 e. The highest BCUT2D eigenvalue weighted by Crippen LogP contribution is 2.28. The van der Waals surface area contributed by atoms with Gasteiger partial charge in [0.2, 0.25) is 0 Å². The van der Waals surface area contributed by atoms with Crippen molar-refractivity contribution in [1.82, 2.24) is 0 Å². The van der Waals surface area contributed by atoms with E-state index in [1.54, 1.807) is 0 Å². The summed E-state index contributed by atoms with van der Waals surface area (Å²) < 4.78 is 6.37. The summed E-state index contributed by atoms with van der Waals surface area (Å²) in [5, 5.41) is 10.5. The van der Waals surface area contributed by atoms with Gasteiger partial charge in [0.25, 0.3) is 0 Å². The van der Waals surface area contributed by atoms with Crippen LogP contribution < -0.4 is 4.74 Å². The van der Waals surface area contributed by atoms with E-state index < -0.39 is 6.10 Å². The number of aliphatic hydroxyl groups excluding tert-OH is 1. The summed E-state index contributed by atoms with van der Waals surface area (Å²) in [7, 11) is 0. The van der Waals surface area contributed by atoms with E-state index in [1.807, 2.05) is 56.3 Å². The van der Waals surface area contributed by atoms with Crippen molar-refractivity contribution >= 4 is 15.9 Å². The first-order valence-electron chi connectivity index (χ1n) is 6.28. The van der Waals surface area contributed by atoms with Crippen LogP contribution in [-0.4, -0.2) is 11.7 Å². The number of ether oxygens (including phenoxy) is 1. The smallest absolute Gasteiger partial charge is 0.119 e. The van der Waals surface area contributed by atoms with Crippen LogP contribution in [0.15, 0.2) is 46.9 Å². The van der Waals surface area contributed by atoms with E-state index in [4.69, 9.17) is 4.74 Å². The quantitative estimate of drug-likeness (QED) is 0.913. The highest BCUT2D eigenvalue weighted by Gasteiger charge is 2.13. The second-order valence-corrected chi connectivity index (χ2v) is 5.32. The van der Waals surface area contributed by atoms with E-state index in [1.165, 1.54) is 0 Å². The van der Waals surface area contributed by atoms with Gasteiger partial charge in [0, 0.05) is 4.47 Å². The first kappa shape index (κ1) is 14.1. The van der Waals surface area contributed by atoms with Crippen molar-refractivity contribution in [2.45, 2.75) is 20.0 Å². The second-order valence-electron chi connectivity index (χ2n) is 4.41. The molecule has 0 saturated carbocycles. The van der Waals surface area contributed by atoms with Crippen molar-refractivity contribution in [3.8, 4) is 5.75 Å². The van der Waals surface area contributed by atoms with Crippen LogP contribution >= 0.6 is 15.9 Å². The minimum absolute atomic E-state index is 0.617. The molecule has 19 heavy (non-hydrogen) atoms. The highest BCUT2D eigenvalue weighted by molar-refractivity contribution is 9.10. The van der Waals surface area contributed by atoms with Gasteiger partial charge < -0.3 is 9.84 Å². The molecule has 2 nitrogen and oxygen atoms in total. The summed E-state index contributed by atoms with van der Waals surface area (Å²) >= 11 is 3.44. The molecule has 2 rings (SSSR count). The fraction of sp³-hybridized carbons (Fsp3) is 0.250. The number of benzene rings is 2. The average molecular weight is 321 g/mol. The Kier molecular flexibility index (Phi) is 4.61. The molecule has 0 radical (unpaired) electrons. The van der Waals surface area contributed by atoms with Crippen LogP contribution in [-0.2, 0) is 0 Å². The molecule has 0 aliphatic carbocycles. The van der Waals surface area contributed by atoms with Crippen molar-refractivity contribution in [2.24, 2.45) is 0 Å². The Labute approximate surface area is 122 Å². The van der Waals surface area contributed by atoms with Gasteiger partial charge in [0.05, 0.1) is 6.61 Å². The number of halogens is 1.